The van der Waals surface area contributed by atoms with E-state index in [1.807, 2.05) is 0 Å². The number of ether oxygens (including phenoxy) is 4. The number of hydrogen-bond donors (Lipinski definition) is 1. The molecule has 0 heterocycles. The summed E-state index contributed by atoms with van der Waals surface area (Å²) in [7, 11) is 3.32. The van der Waals surface area contributed by atoms with E-state index < -0.39 is 0 Å². The third-order valence-corrected chi connectivity index (χ3v) is 7.57. The smallest absolute Gasteiger partial charge is 0.220 e. The average Bonchev–Trinajstić information content (AvgIpc) is 2.94. The van der Waals surface area contributed by atoms with E-state index >= 15 is 0 Å². The number of carbonyl (C=O) groups excluding carboxylic acids is 2. The highest BCUT2D eigenvalue weighted by Crippen LogP contribution is 2.21. The minimum absolute atomic E-state index is 0.136. The maximum atomic E-state index is 11.9. The van der Waals surface area contributed by atoms with Gasteiger partial charge in [-0.05, 0) is 31.1 Å². The second kappa shape index (κ2) is 30.9. The van der Waals surface area contributed by atoms with Crippen LogP contribution in [-0.2, 0) is 28.5 Å². The fraction of sp³-hybridized carbons (Fsp3) is 0.939. The summed E-state index contributed by atoms with van der Waals surface area (Å²) < 4.78 is 20.6. The molecule has 0 aliphatic rings. The van der Waals surface area contributed by atoms with Gasteiger partial charge in [-0.3, -0.25) is 9.59 Å². The number of methoxy groups -OCH3 is 2. The molecule has 0 aromatic heterocycles. The molecule has 0 spiro atoms. The maximum Gasteiger partial charge on any atom is 0.220 e. The van der Waals surface area contributed by atoms with Crippen molar-refractivity contribution in [2.45, 2.75) is 129 Å². The van der Waals surface area contributed by atoms with E-state index in [4.69, 9.17) is 18.9 Å². The van der Waals surface area contributed by atoms with E-state index in [-0.39, 0.29) is 5.91 Å². The predicted molar refractivity (Wildman–Crippen MR) is 165 cm³/mol. The first-order valence-electron chi connectivity index (χ1n) is 16.4. The molecule has 0 aliphatic heterocycles. The number of unbranched alkanes of at least 4 members (excludes halogenated alkanes) is 7. The Morgan fingerprint density at radius 2 is 0.975 bits per heavy atom. The normalized spacial score (nSPS) is 12.9. The van der Waals surface area contributed by atoms with E-state index in [1.54, 1.807) is 14.2 Å². The third kappa shape index (κ3) is 30.0. The molecule has 7 nitrogen and oxygen atoms in total. The van der Waals surface area contributed by atoms with Gasteiger partial charge in [-0.25, -0.2) is 0 Å². The van der Waals surface area contributed by atoms with Crippen molar-refractivity contribution in [1.82, 2.24) is 5.32 Å². The molecule has 7 heteroatoms. The monoisotopic (exact) mass is 571 g/mol. The van der Waals surface area contributed by atoms with Gasteiger partial charge >= 0.3 is 0 Å². The van der Waals surface area contributed by atoms with E-state index in [0.29, 0.717) is 64.8 Å². The van der Waals surface area contributed by atoms with Crippen LogP contribution in [0.25, 0.3) is 0 Å². The first-order chi connectivity index (χ1) is 19.5. The van der Waals surface area contributed by atoms with Crippen LogP contribution in [0.2, 0.25) is 0 Å². The second-order valence-electron chi connectivity index (χ2n) is 11.6. The van der Waals surface area contributed by atoms with Gasteiger partial charge in [-0.15, -0.1) is 0 Å². The van der Waals surface area contributed by atoms with Gasteiger partial charge in [-0.2, -0.15) is 0 Å². The second-order valence-corrected chi connectivity index (χ2v) is 11.6. The molecule has 0 saturated carbocycles. The molecule has 40 heavy (non-hydrogen) atoms. The standard InChI is InChI=1S/C33H65NO6/c1-30(16-9-5-7-11-20-32(35)21-15-24-39-28-26-37-3)18-13-14-19-31(2)17-10-6-8-12-22-33(36)34-23-25-40-29-27-38-4/h30-31H,5-29H2,1-4H3,(H,34,36). The Morgan fingerprint density at radius 3 is 1.52 bits per heavy atom. The van der Waals surface area contributed by atoms with Crippen molar-refractivity contribution in [2.75, 3.05) is 60.4 Å². The summed E-state index contributed by atoms with van der Waals surface area (Å²) in [5.74, 6) is 2.14. The number of nitrogens with one attached hydrogen (secondary N) is 1. The Hall–Kier alpha value is -1.02. The lowest BCUT2D eigenvalue weighted by molar-refractivity contribution is -0.121. The largest absolute Gasteiger partial charge is 0.382 e. The van der Waals surface area contributed by atoms with E-state index in [9.17, 15) is 9.59 Å². The van der Waals surface area contributed by atoms with Gasteiger partial charge in [0.05, 0.1) is 33.0 Å². The maximum absolute atomic E-state index is 11.9. The SMILES string of the molecule is COCCOCCCC(=O)CCCCCCC(C)CCCCC(C)CCCCCCC(=O)NCCOCCOC. The fourth-order valence-corrected chi connectivity index (χ4v) is 4.91. The van der Waals surface area contributed by atoms with Gasteiger partial charge < -0.3 is 24.3 Å². The first kappa shape index (κ1) is 39.0. The number of amides is 1. The van der Waals surface area contributed by atoms with E-state index in [0.717, 1.165) is 43.9 Å². The van der Waals surface area contributed by atoms with Crippen molar-refractivity contribution < 1.29 is 28.5 Å². The van der Waals surface area contributed by atoms with Crippen molar-refractivity contribution in [3.05, 3.63) is 0 Å². The Bertz CT molecular complexity index is 511. The zero-order chi connectivity index (χ0) is 29.5. The summed E-state index contributed by atoms with van der Waals surface area (Å²) in [6, 6.07) is 0. The molecule has 2 atom stereocenters. The molecular weight excluding hydrogens is 506 g/mol. The van der Waals surface area contributed by atoms with E-state index in [2.05, 4.69) is 19.2 Å². The van der Waals surface area contributed by atoms with Crippen molar-refractivity contribution in [3.63, 3.8) is 0 Å². The van der Waals surface area contributed by atoms with Crippen LogP contribution < -0.4 is 5.32 Å². The minimum Gasteiger partial charge on any atom is -0.382 e. The molecule has 0 saturated heterocycles. The van der Waals surface area contributed by atoms with Crippen molar-refractivity contribution in [2.24, 2.45) is 11.8 Å². The molecule has 0 fully saturated rings. The predicted octanol–water partition coefficient (Wildman–Crippen LogP) is 7.29. The van der Waals surface area contributed by atoms with Crippen LogP contribution in [0.1, 0.15) is 129 Å². The Kier molecular flexibility index (Phi) is 30.1. The van der Waals surface area contributed by atoms with Crippen LogP contribution in [0, 0.1) is 11.8 Å². The summed E-state index contributed by atoms with van der Waals surface area (Å²) in [6.45, 7) is 8.97. The number of hydrogen-bond acceptors (Lipinski definition) is 6. The van der Waals surface area contributed by atoms with Crippen LogP contribution in [0.4, 0.5) is 0 Å². The minimum atomic E-state index is 0.136. The Balaban J connectivity index is 3.42. The average molecular weight is 572 g/mol. The van der Waals surface area contributed by atoms with Crippen LogP contribution in [0.5, 0.6) is 0 Å². The molecule has 0 aliphatic carbocycles. The lowest BCUT2D eigenvalue weighted by Crippen LogP contribution is -2.27. The number of carbonyl (C=O) groups is 2. The molecule has 1 N–H and O–H groups in total. The quantitative estimate of drug-likeness (QED) is 0.0854. The highest BCUT2D eigenvalue weighted by atomic mass is 16.5. The Morgan fingerprint density at radius 1 is 0.525 bits per heavy atom. The number of Topliss-reactive ketones (excluding diaryl/α,β-unsaturated/α-hetero) is 1. The summed E-state index contributed by atoms with van der Waals surface area (Å²) >= 11 is 0. The summed E-state index contributed by atoms with van der Waals surface area (Å²) in [6.07, 6.45) is 20.2. The van der Waals surface area contributed by atoms with Crippen LogP contribution in [-0.4, -0.2) is 72.1 Å². The van der Waals surface area contributed by atoms with Crippen LogP contribution in [0.15, 0.2) is 0 Å². The number of rotatable bonds is 32. The van der Waals surface area contributed by atoms with Crippen molar-refractivity contribution >= 4 is 11.7 Å². The van der Waals surface area contributed by atoms with Gasteiger partial charge in [-0.1, -0.05) is 90.9 Å². The van der Waals surface area contributed by atoms with Crippen molar-refractivity contribution in [3.8, 4) is 0 Å². The molecule has 0 radical (unpaired) electrons. The molecule has 0 aromatic rings. The zero-order valence-corrected chi connectivity index (χ0v) is 26.8. The summed E-state index contributed by atoms with van der Waals surface area (Å²) in [5.41, 5.74) is 0. The molecule has 0 bridgehead atoms. The van der Waals surface area contributed by atoms with Crippen LogP contribution in [0.3, 0.4) is 0 Å². The summed E-state index contributed by atoms with van der Waals surface area (Å²) in [5, 5.41) is 2.92. The number of ketones is 1. The lowest BCUT2D eigenvalue weighted by Gasteiger charge is -2.13. The fourth-order valence-electron chi connectivity index (χ4n) is 4.91. The van der Waals surface area contributed by atoms with Crippen molar-refractivity contribution in [1.29, 1.82) is 0 Å². The van der Waals surface area contributed by atoms with Crippen LogP contribution >= 0.6 is 0 Å². The summed E-state index contributed by atoms with van der Waals surface area (Å²) in [4.78, 5) is 23.8. The van der Waals surface area contributed by atoms with Gasteiger partial charge in [0.15, 0.2) is 0 Å². The highest BCUT2D eigenvalue weighted by Gasteiger charge is 2.07. The van der Waals surface area contributed by atoms with E-state index in [1.165, 1.54) is 70.6 Å². The third-order valence-electron chi connectivity index (χ3n) is 7.57. The van der Waals surface area contributed by atoms with Gasteiger partial charge in [0.1, 0.15) is 5.78 Å². The molecule has 1 amide bonds. The Labute approximate surface area is 247 Å². The van der Waals surface area contributed by atoms with Gasteiger partial charge in [0.2, 0.25) is 5.91 Å². The molecular formula is C33H65NO6. The zero-order valence-electron chi connectivity index (χ0n) is 26.8. The molecule has 2 unspecified atom stereocenters. The molecule has 0 aromatic carbocycles. The lowest BCUT2D eigenvalue weighted by atomic mass is 9.93. The molecule has 238 valence electrons. The highest BCUT2D eigenvalue weighted by molar-refractivity contribution is 5.78. The van der Waals surface area contributed by atoms with Gasteiger partial charge in [0, 0.05) is 46.6 Å². The first-order valence-corrected chi connectivity index (χ1v) is 16.4. The van der Waals surface area contributed by atoms with Gasteiger partial charge in [0.25, 0.3) is 0 Å². The molecule has 0 rings (SSSR count). The topological polar surface area (TPSA) is 83.1 Å².